The summed E-state index contributed by atoms with van der Waals surface area (Å²) in [5.74, 6) is 0. The standard InChI is InChI=1S/C11H11F3N4O2S/c1-18-10(4-5-16-18)21(19,20)17-9-3-2-7(15)6-8(9)11(12,13)14/h2-6,17H,15H2,1H3. The van der Waals surface area contributed by atoms with E-state index < -0.39 is 27.5 Å². The molecule has 3 N–H and O–H groups in total. The van der Waals surface area contributed by atoms with Gasteiger partial charge in [0.2, 0.25) is 0 Å². The number of nitrogens with zero attached hydrogens (tertiary/aromatic N) is 2. The van der Waals surface area contributed by atoms with Gasteiger partial charge in [-0.1, -0.05) is 0 Å². The Morgan fingerprint density at radius 1 is 1.29 bits per heavy atom. The molecule has 0 radical (unpaired) electrons. The summed E-state index contributed by atoms with van der Waals surface area (Å²) in [7, 11) is -2.82. The summed E-state index contributed by atoms with van der Waals surface area (Å²) in [6.07, 6.45) is -3.51. The minimum Gasteiger partial charge on any atom is -0.399 e. The topological polar surface area (TPSA) is 90.0 Å². The van der Waals surface area contributed by atoms with Gasteiger partial charge in [0.15, 0.2) is 5.03 Å². The minimum atomic E-state index is -4.74. The van der Waals surface area contributed by atoms with Crippen LogP contribution in [-0.2, 0) is 23.2 Å². The maximum atomic E-state index is 12.9. The molecule has 0 aliphatic carbocycles. The second kappa shape index (κ2) is 4.95. The van der Waals surface area contributed by atoms with E-state index in [0.717, 1.165) is 10.7 Å². The van der Waals surface area contributed by atoms with Crippen molar-refractivity contribution in [1.82, 2.24) is 9.78 Å². The quantitative estimate of drug-likeness (QED) is 0.844. The molecule has 0 saturated heterocycles. The average molecular weight is 320 g/mol. The lowest BCUT2D eigenvalue weighted by Crippen LogP contribution is -2.19. The van der Waals surface area contributed by atoms with E-state index >= 15 is 0 Å². The molecule has 0 saturated carbocycles. The summed E-state index contributed by atoms with van der Waals surface area (Å²) in [5, 5.41) is 3.41. The van der Waals surface area contributed by atoms with Crippen molar-refractivity contribution in [1.29, 1.82) is 0 Å². The lowest BCUT2D eigenvalue weighted by molar-refractivity contribution is -0.136. The molecule has 0 aliphatic rings. The number of hydrogen-bond acceptors (Lipinski definition) is 4. The molecule has 0 spiro atoms. The lowest BCUT2D eigenvalue weighted by atomic mass is 10.1. The summed E-state index contributed by atoms with van der Waals surface area (Å²) in [6, 6.07) is 3.98. The number of nitrogens with one attached hydrogen (secondary N) is 1. The molecule has 2 aromatic rings. The summed E-state index contributed by atoms with van der Waals surface area (Å²) >= 11 is 0. The Kier molecular flexibility index (Phi) is 3.58. The van der Waals surface area contributed by atoms with Gasteiger partial charge in [0, 0.05) is 12.7 Å². The van der Waals surface area contributed by atoms with Gasteiger partial charge in [0.25, 0.3) is 10.0 Å². The fourth-order valence-electron chi connectivity index (χ4n) is 1.71. The number of nitrogens with two attached hydrogens (primary N) is 1. The predicted molar refractivity (Wildman–Crippen MR) is 69.9 cm³/mol. The van der Waals surface area contributed by atoms with Crippen molar-refractivity contribution < 1.29 is 21.6 Å². The zero-order valence-corrected chi connectivity index (χ0v) is 11.5. The van der Waals surface area contributed by atoms with Crippen LogP contribution in [0.1, 0.15) is 5.56 Å². The van der Waals surface area contributed by atoms with Crippen LogP contribution in [0.3, 0.4) is 0 Å². The zero-order valence-electron chi connectivity index (χ0n) is 10.7. The minimum absolute atomic E-state index is 0.120. The molecule has 0 unspecified atom stereocenters. The second-order valence-electron chi connectivity index (χ2n) is 4.20. The second-order valence-corrected chi connectivity index (χ2v) is 5.83. The molecule has 1 aromatic carbocycles. The highest BCUT2D eigenvalue weighted by molar-refractivity contribution is 7.92. The van der Waals surface area contributed by atoms with Gasteiger partial charge in [-0.2, -0.15) is 26.7 Å². The number of hydrogen-bond donors (Lipinski definition) is 2. The number of alkyl halides is 3. The first-order chi connectivity index (χ1) is 9.61. The first-order valence-electron chi connectivity index (χ1n) is 5.59. The Labute approximate surface area is 118 Å². The van der Waals surface area contributed by atoms with Crippen LogP contribution in [0.15, 0.2) is 35.5 Å². The molecule has 1 heterocycles. The number of nitrogen functional groups attached to an aromatic ring is 1. The van der Waals surface area contributed by atoms with Crippen molar-refractivity contribution in [2.75, 3.05) is 10.5 Å². The Hall–Kier alpha value is -2.23. The van der Waals surface area contributed by atoms with E-state index in [4.69, 9.17) is 5.73 Å². The normalized spacial score (nSPS) is 12.4. The van der Waals surface area contributed by atoms with Gasteiger partial charge in [-0.3, -0.25) is 9.40 Å². The van der Waals surface area contributed by atoms with Gasteiger partial charge in [0.1, 0.15) is 0 Å². The highest BCUT2D eigenvalue weighted by Gasteiger charge is 2.35. The predicted octanol–water partition coefficient (Wildman–Crippen LogP) is 1.82. The van der Waals surface area contributed by atoms with E-state index in [9.17, 15) is 21.6 Å². The fourth-order valence-corrected chi connectivity index (χ4v) is 2.91. The zero-order chi connectivity index (χ0) is 15.8. The first-order valence-corrected chi connectivity index (χ1v) is 7.07. The first kappa shape index (κ1) is 15.2. The number of anilines is 2. The van der Waals surface area contributed by atoms with Gasteiger partial charge in [-0.05, 0) is 24.3 Å². The number of aryl methyl sites for hydroxylation is 1. The van der Waals surface area contributed by atoms with Crippen LogP contribution in [0.2, 0.25) is 0 Å². The average Bonchev–Trinajstić information content (AvgIpc) is 2.77. The van der Waals surface area contributed by atoms with Gasteiger partial charge in [0.05, 0.1) is 17.4 Å². The van der Waals surface area contributed by atoms with E-state index in [0.29, 0.717) is 6.07 Å². The van der Waals surface area contributed by atoms with E-state index in [1.165, 1.54) is 25.4 Å². The summed E-state index contributed by atoms with van der Waals surface area (Å²) in [4.78, 5) is 0. The number of benzene rings is 1. The van der Waals surface area contributed by atoms with E-state index in [1.807, 2.05) is 4.72 Å². The maximum Gasteiger partial charge on any atom is 0.418 e. The van der Waals surface area contributed by atoms with Crippen molar-refractivity contribution in [2.45, 2.75) is 11.2 Å². The van der Waals surface area contributed by atoms with E-state index in [2.05, 4.69) is 5.10 Å². The van der Waals surface area contributed by atoms with Crippen LogP contribution in [-0.4, -0.2) is 18.2 Å². The van der Waals surface area contributed by atoms with Crippen molar-refractivity contribution in [3.8, 4) is 0 Å². The maximum absolute atomic E-state index is 12.9. The molecule has 1 aromatic heterocycles. The molecule has 0 fully saturated rings. The van der Waals surface area contributed by atoms with E-state index in [-0.39, 0.29) is 10.7 Å². The Balaban J connectivity index is 2.48. The molecule has 6 nitrogen and oxygen atoms in total. The largest absolute Gasteiger partial charge is 0.418 e. The van der Waals surface area contributed by atoms with Crippen LogP contribution < -0.4 is 10.5 Å². The van der Waals surface area contributed by atoms with Crippen molar-refractivity contribution >= 4 is 21.4 Å². The van der Waals surface area contributed by atoms with Crippen LogP contribution >= 0.6 is 0 Å². The molecule has 0 bridgehead atoms. The van der Waals surface area contributed by atoms with Crippen molar-refractivity contribution in [2.24, 2.45) is 7.05 Å². The van der Waals surface area contributed by atoms with Gasteiger partial charge in [-0.25, -0.2) is 0 Å². The van der Waals surface area contributed by atoms with Gasteiger partial charge < -0.3 is 5.73 Å². The molecular formula is C11H11F3N4O2S. The lowest BCUT2D eigenvalue weighted by Gasteiger charge is -2.15. The van der Waals surface area contributed by atoms with Crippen LogP contribution in [0, 0.1) is 0 Å². The SMILES string of the molecule is Cn1nccc1S(=O)(=O)Nc1ccc(N)cc1C(F)(F)F. The van der Waals surface area contributed by atoms with Crippen LogP contribution in [0.4, 0.5) is 24.5 Å². The fraction of sp³-hybridized carbons (Fsp3) is 0.182. The third-order valence-electron chi connectivity index (χ3n) is 2.64. The Morgan fingerprint density at radius 2 is 1.95 bits per heavy atom. The molecule has 0 amide bonds. The molecular weight excluding hydrogens is 309 g/mol. The smallest absolute Gasteiger partial charge is 0.399 e. The number of rotatable bonds is 3. The van der Waals surface area contributed by atoms with Gasteiger partial charge >= 0.3 is 6.18 Å². The molecule has 21 heavy (non-hydrogen) atoms. The highest BCUT2D eigenvalue weighted by atomic mass is 32.2. The number of aromatic nitrogens is 2. The number of sulfonamides is 1. The van der Waals surface area contributed by atoms with Crippen molar-refractivity contribution in [3.05, 3.63) is 36.0 Å². The van der Waals surface area contributed by atoms with Crippen molar-refractivity contribution in [3.63, 3.8) is 0 Å². The number of halogens is 3. The van der Waals surface area contributed by atoms with Crippen LogP contribution in [0.5, 0.6) is 0 Å². The molecule has 2 rings (SSSR count). The Morgan fingerprint density at radius 3 is 2.48 bits per heavy atom. The molecule has 114 valence electrons. The summed E-state index contributed by atoms with van der Waals surface area (Å²) in [5.41, 5.74) is 3.44. The monoisotopic (exact) mass is 320 g/mol. The van der Waals surface area contributed by atoms with E-state index in [1.54, 1.807) is 0 Å². The summed E-state index contributed by atoms with van der Waals surface area (Å²) in [6.45, 7) is 0. The van der Waals surface area contributed by atoms with Gasteiger partial charge in [-0.15, -0.1) is 0 Å². The molecule has 0 atom stereocenters. The third kappa shape index (κ3) is 3.10. The highest BCUT2D eigenvalue weighted by Crippen LogP contribution is 2.36. The molecule has 0 aliphatic heterocycles. The summed E-state index contributed by atoms with van der Waals surface area (Å²) < 4.78 is 65.8. The third-order valence-corrected chi connectivity index (χ3v) is 4.08. The van der Waals surface area contributed by atoms with Crippen LogP contribution in [0.25, 0.3) is 0 Å². The molecule has 10 heteroatoms. The Bertz CT molecular complexity index is 768.